The summed E-state index contributed by atoms with van der Waals surface area (Å²) in [4.78, 5) is 11.6. The van der Waals surface area contributed by atoms with Crippen molar-refractivity contribution in [1.82, 2.24) is 10.7 Å². The van der Waals surface area contributed by atoms with Gasteiger partial charge in [0.15, 0.2) is 5.11 Å². The highest BCUT2D eigenvalue weighted by Gasteiger charge is 2.21. The molecule has 1 aromatic rings. The van der Waals surface area contributed by atoms with Crippen molar-refractivity contribution < 1.29 is 4.79 Å². The average Bonchev–Trinajstić information content (AvgIpc) is 2.26. The molecule has 0 saturated carbocycles. The Hall–Kier alpha value is -1.62. The molecule has 0 aliphatic carbocycles. The minimum absolute atomic E-state index is 0.120. The van der Waals surface area contributed by atoms with Gasteiger partial charge in [-0.1, -0.05) is 39.0 Å². The van der Waals surface area contributed by atoms with Crippen LogP contribution in [0, 0.1) is 5.41 Å². The van der Waals surface area contributed by atoms with E-state index in [2.05, 4.69) is 16.2 Å². The zero-order valence-corrected chi connectivity index (χ0v) is 11.0. The fourth-order valence-corrected chi connectivity index (χ4v) is 1.12. The van der Waals surface area contributed by atoms with Gasteiger partial charge in [0, 0.05) is 5.41 Å². The van der Waals surface area contributed by atoms with Crippen LogP contribution in [0.5, 0.6) is 0 Å². The molecule has 0 saturated heterocycles. The lowest BCUT2D eigenvalue weighted by molar-refractivity contribution is -0.126. The maximum atomic E-state index is 11.6. The van der Waals surface area contributed by atoms with Crippen LogP contribution in [-0.2, 0) is 4.79 Å². The number of carbonyl (C=O) groups excluding carboxylic acids is 1. The molecule has 0 radical (unpaired) electrons. The number of hydrazine groups is 1. The van der Waals surface area contributed by atoms with Crippen LogP contribution in [-0.4, -0.2) is 11.0 Å². The summed E-state index contributed by atoms with van der Waals surface area (Å²) >= 11 is 4.99. The molecular weight excluding hydrogens is 234 g/mol. The third-order valence-electron chi connectivity index (χ3n) is 2.00. The summed E-state index contributed by atoms with van der Waals surface area (Å²) < 4.78 is 0. The van der Waals surface area contributed by atoms with Gasteiger partial charge in [0.05, 0.1) is 5.69 Å². The van der Waals surface area contributed by atoms with E-state index in [4.69, 9.17) is 12.2 Å². The van der Waals surface area contributed by atoms with Crippen molar-refractivity contribution >= 4 is 28.9 Å². The summed E-state index contributed by atoms with van der Waals surface area (Å²) in [7, 11) is 0. The molecule has 0 aromatic heterocycles. The number of anilines is 1. The third kappa shape index (κ3) is 4.82. The van der Waals surface area contributed by atoms with E-state index in [1.54, 1.807) is 0 Å². The number of amides is 1. The Kier molecular flexibility index (Phi) is 4.45. The van der Waals surface area contributed by atoms with E-state index in [-0.39, 0.29) is 11.0 Å². The fraction of sp³-hybridized carbons (Fsp3) is 0.333. The number of rotatable bonds is 2. The lowest BCUT2D eigenvalue weighted by atomic mass is 9.96. The van der Waals surface area contributed by atoms with E-state index in [1.807, 2.05) is 51.1 Å². The molecule has 0 bridgehead atoms. The van der Waals surface area contributed by atoms with E-state index < -0.39 is 5.41 Å². The van der Waals surface area contributed by atoms with Gasteiger partial charge in [0.2, 0.25) is 5.91 Å². The second-order valence-corrected chi connectivity index (χ2v) is 5.06. The maximum Gasteiger partial charge on any atom is 0.231 e. The van der Waals surface area contributed by atoms with Crippen LogP contribution in [0.25, 0.3) is 0 Å². The molecule has 17 heavy (non-hydrogen) atoms. The predicted octanol–water partition coefficient (Wildman–Crippen LogP) is 2.05. The van der Waals surface area contributed by atoms with Gasteiger partial charge in [-0.25, -0.2) is 0 Å². The molecule has 0 aliphatic rings. The van der Waals surface area contributed by atoms with Gasteiger partial charge in [0.25, 0.3) is 0 Å². The summed E-state index contributed by atoms with van der Waals surface area (Å²) in [6.07, 6.45) is 0. The first-order valence-corrected chi connectivity index (χ1v) is 5.73. The van der Waals surface area contributed by atoms with Gasteiger partial charge >= 0.3 is 0 Å². The van der Waals surface area contributed by atoms with Gasteiger partial charge in [0.1, 0.15) is 0 Å². The molecule has 0 fully saturated rings. The van der Waals surface area contributed by atoms with Gasteiger partial charge in [-0.15, -0.1) is 0 Å². The quantitative estimate of drug-likeness (QED) is 0.556. The highest BCUT2D eigenvalue weighted by molar-refractivity contribution is 7.80. The monoisotopic (exact) mass is 251 g/mol. The van der Waals surface area contributed by atoms with Crippen molar-refractivity contribution in [3.8, 4) is 0 Å². The topological polar surface area (TPSA) is 53.2 Å². The molecular formula is C12H17N3OS. The maximum absolute atomic E-state index is 11.6. The first kappa shape index (κ1) is 13.4. The molecule has 0 atom stereocenters. The lowest BCUT2D eigenvalue weighted by Gasteiger charge is -2.19. The molecule has 0 spiro atoms. The Morgan fingerprint density at radius 3 is 2.29 bits per heavy atom. The van der Waals surface area contributed by atoms with Crippen LogP contribution in [0.1, 0.15) is 20.8 Å². The van der Waals surface area contributed by atoms with Gasteiger partial charge in [-0.05, 0) is 24.4 Å². The van der Waals surface area contributed by atoms with E-state index in [9.17, 15) is 4.79 Å². The van der Waals surface area contributed by atoms with Crippen molar-refractivity contribution in [1.29, 1.82) is 0 Å². The number of thiocarbonyl (C=S) groups is 1. The van der Waals surface area contributed by atoms with Crippen molar-refractivity contribution in [2.75, 3.05) is 5.43 Å². The number of benzene rings is 1. The van der Waals surface area contributed by atoms with Crippen LogP contribution in [0.4, 0.5) is 5.69 Å². The van der Waals surface area contributed by atoms with Crippen molar-refractivity contribution in [3.63, 3.8) is 0 Å². The minimum atomic E-state index is -0.460. The standard InChI is InChI=1S/C12H17N3OS/c1-12(2,3)10(16)13-11(17)15-14-9-7-5-4-6-8-9/h4-8,14H,1-3H3,(H2,13,15,16,17). The first-order chi connectivity index (χ1) is 7.89. The van der Waals surface area contributed by atoms with Crippen LogP contribution in [0.3, 0.4) is 0 Å². The average molecular weight is 251 g/mol. The number of hydrogen-bond acceptors (Lipinski definition) is 3. The Bertz CT molecular complexity index is 398. The van der Waals surface area contributed by atoms with Gasteiger partial charge < -0.3 is 5.32 Å². The summed E-state index contributed by atoms with van der Waals surface area (Å²) in [6.45, 7) is 5.49. The van der Waals surface area contributed by atoms with E-state index in [0.717, 1.165) is 5.69 Å². The van der Waals surface area contributed by atoms with Crippen LogP contribution in [0.2, 0.25) is 0 Å². The van der Waals surface area contributed by atoms with Crippen molar-refractivity contribution in [3.05, 3.63) is 30.3 Å². The Morgan fingerprint density at radius 1 is 1.18 bits per heavy atom. The highest BCUT2D eigenvalue weighted by atomic mass is 32.1. The molecule has 1 rings (SSSR count). The third-order valence-corrected chi connectivity index (χ3v) is 2.21. The molecule has 3 N–H and O–H groups in total. The number of nitrogens with one attached hydrogen (secondary N) is 3. The molecule has 1 amide bonds. The molecule has 92 valence electrons. The second-order valence-electron chi connectivity index (χ2n) is 4.65. The largest absolute Gasteiger partial charge is 0.301 e. The number of para-hydroxylation sites is 1. The van der Waals surface area contributed by atoms with Crippen molar-refractivity contribution in [2.24, 2.45) is 5.41 Å². The molecule has 4 nitrogen and oxygen atoms in total. The zero-order valence-electron chi connectivity index (χ0n) is 10.2. The predicted molar refractivity (Wildman–Crippen MR) is 73.4 cm³/mol. The summed E-state index contributed by atoms with van der Waals surface area (Å²) in [5, 5.41) is 2.87. The Morgan fingerprint density at radius 2 is 1.76 bits per heavy atom. The van der Waals surface area contributed by atoms with Gasteiger partial charge in [-0.3, -0.25) is 15.6 Å². The molecule has 0 heterocycles. The van der Waals surface area contributed by atoms with E-state index in [0.29, 0.717) is 0 Å². The smallest absolute Gasteiger partial charge is 0.231 e. The Balaban J connectivity index is 2.39. The Labute approximate surface area is 107 Å². The van der Waals surface area contributed by atoms with Crippen LogP contribution >= 0.6 is 12.2 Å². The van der Waals surface area contributed by atoms with Gasteiger partial charge in [-0.2, -0.15) is 0 Å². The molecule has 1 aromatic carbocycles. The molecule has 0 aliphatic heterocycles. The van der Waals surface area contributed by atoms with E-state index in [1.165, 1.54) is 0 Å². The van der Waals surface area contributed by atoms with Crippen molar-refractivity contribution in [2.45, 2.75) is 20.8 Å². The number of carbonyl (C=O) groups is 1. The molecule has 5 heteroatoms. The summed E-state index contributed by atoms with van der Waals surface area (Å²) in [5.74, 6) is -0.120. The minimum Gasteiger partial charge on any atom is -0.301 e. The van der Waals surface area contributed by atoms with Crippen LogP contribution in [0.15, 0.2) is 30.3 Å². The summed E-state index contributed by atoms with van der Waals surface area (Å²) in [6, 6.07) is 9.51. The SMILES string of the molecule is CC(C)(C)C(=O)NC(=S)NNc1ccccc1. The van der Waals surface area contributed by atoms with E-state index >= 15 is 0 Å². The fourth-order valence-electron chi connectivity index (χ4n) is 0.972. The second kappa shape index (κ2) is 5.63. The zero-order chi connectivity index (χ0) is 12.9. The summed E-state index contributed by atoms with van der Waals surface area (Å²) in [5.41, 5.74) is 6.06. The highest BCUT2D eigenvalue weighted by Crippen LogP contribution is 2.12. The molecule has 0 unspecified atom stereocenters. The first-order valence-electron chi connectivity index (χ1n) is 5.32. The number of hydrogen-bond donors (Lipinski definition) is 3. The lowest BCUT2D eigenvalue weighted by Crippen LogP contribution is -2.46. The normalized spacial score (nSPS) is 10.5. The van der Waals surface area contributed by atoms with Crippen LogP contribution < -0.4 is 16.2 Å².